The minimum Gasteiger partial charge on any atom is -0.480 e. The topological polar surface area (TPSA) is 113 Å². The normalized spacial score (nSPS) is 19.9. The van der Waals surface area contributed by atoms with Crippen LogP contribution < -0.4 is 11.5 Å². The lowest BCUT2D eigenvalue weighted by Gasteiger charge is -2.04. The van der Waals surface area contributed by atoms with Crippen LogP contribution >= 0.6 is 0 Å². The Hall–Kier alpha value is -1.10. The van der Waals surface area contributed by atoms with Crippen LogP contribution in [-0.2, 0) is 4.79 Å². The average Bonchev–Trinajstić information content (AvgIpc) is 2.12. The van der Waals surface area contributed by atoms with Gasteiger partial charge >= 0.3 is 5.97 Å². The number of carboxylic acids is 1. The largest absolute Gasteiger partial charge is 0.480 e. The summed E-state index contributed by atoms with van der Waals surface area (Å²) in [4.78, 5) is 10.4. The first kappa shape index (κ1) is 6.42. The predicted octanol–water partition coefficient (Wildman–Crippen LogP) is -0.105. The molecule has 0 bridgehead atoms. The SMILES string of the molecule is [2H]C(C(=N)N)C([2H])([2H])CC[C@H](N)C(=O)O. The van der Waals surface area contributed by atoms with Gasteiger partial charge in [-0.05, 0) is 12.8 Å². The molecular weight excluding hydrogens is 158 g/mol. The van der Waals surface area contributed by atoms with Crippen molar-refractivity contribution < 1.29 is 14.0 Å². The summed E-state index contributed by atoms with van der Waals surface area (Å²) in [7, 11) is 0. The number of hydrogen-bond donors (Lipinski definition) is 4. The average molecular weight is 176 g/mol. The van der Waals surface area contributed by atoms with Gasteiger partial charge in [-0.1, -0.05) is 6.42 Å². The zero-order valence-electron chi connectivity index (χ0n) is 9.58. The second-order valence-corrected chi connectivity index (χ2v) is 2.29. The summed E-state index contributed by atoms with van der Waals surface area (Å²) in [5.74, 6) is -1.79. The van der Waals surface area contributed by atoms with Gasteiger partial charge in [0.25, 0.3) is 0 Å². The molecule has 0 spiro atoms. The van der Waals surface area contributed by atoms with E-state index in [1.807, 2.05) is 0 Å². The van der Waals surface area contributed by atoms with Crippen molar-refractivity contribution in [2.45, 2.75) is 31.7 Å². The summed E-state index contributed by atoms with van der Waals surface area (Å²) in [5.41, 5.74) is 10.2. The van der Waals surface area contributed by atoms with Crippen LogP contribution in [0.3, 0.4) is 0 Å². The Balaban J connectivity index is 4.26. The van der Waals surface area contributed by atoms with Gasteiger partial charge in [0.15, 0.2) is 0 Å². The smallest absolute Gasteiger partial charge is 0.320 e. The molecule has 5 nitrogen and oxygen atoms in total. The van der Waals surface area contributed by atoms with Gasteiger partial charge in [-0.25, -0.2) is 0 Å². The van der Waals surface area contributed by atoms with Crippen LogP contribution in [0.2, 0.25) is 0 Å². The van der Waals surface area contributed by atoms with Crippen LogP contribution in [0.25, 0.3) is 0 Å². The molecule has 0 heterocycles. The zero-order valence-corrected chi connectivity index (χ0v) is 6.58. The predicted molar refractivity (Wildman–Crippen MR) is 46.0 cm³/mol. The van der Waals surface area contributed by atoms with Gasteiger partial charge < -0.3 is 16.6 Å². The quantitative estimate of drug-likeness (QED) is 0.334. The second-order valence-electron chi connectivity index (χ2n) is 2.29. The Morgan fingerprint density at radius 3 is 2.75 bits per heavy atom. The van der Waals surface area contributed by atoms with Gasteiger partial charge in [-0.15, -0.1) is 0 Å². The van der Waals surface area contributed by atoms with Crippen molar-refractivity contribution in [3.63, 3.8) is 0 Å². The van der Waals surface area contributed by atoms with Crippen LogP contribution in [0, 0.1) is 5.41 Å². The maximum Gasteiger partial charge on any atom is 0.320 e. The minimum absolute atomic E-state index is 0.0923. The molecule has 1 unspecified atom stereocenters. The third-order valence-electron chi connectivity index (χ3n) is 1.17. The van der Waals surface area contributed by atoms with Gasteiger partial charge in [0.1, 0.15) is 6.04 Å². The Bertz CT molecular complexity index is 260. The summed E-state index contributed by atoms with van der Waals surface area (Å²) >= 11 is 0. The highest BCUT2D eigenvalue weighted by Crippen LogP contribution is 2.01. The highest BCUT2D eigenvalue weighted by molar-refractivity contribution is 5.76. The molecule has 0 fully saturated rings. The fourth-order valence-electron chi connectivity index (χ4n) is 0.544. The van der Waals surface area contributed by atoms with Crippen molar-refractivity contribution in [2.75, 3.05) is 0 Å². The fraction of sp³-hybridized carbons (Fsp3) is 0.714. The fourth-order valence-corrected chi connectivity index (χ4v) is 0.544. The van der Waals surface area contributed by atoms with Gasteiger partial charge in [0.05, 0.1) is 5.84 Å². The van der Waals surface area contributed by atoms with E-state index in [0.29, 0.717) is 0 Å². The lowest BCUT2D eigenvalue weighted by molar-refractivity contribution is -0.138. The molecule has 0 saturated carbocycles. The molecule has 0 amide bonds. The molecule has 0 aliphatic rings. The number of amidine groups is 1. The molecule has 12 heavy (non-hydrogen) atoms. The molecule has 0 radical (unpaired) electrons. The minimum atomic E-state index is -2.03. The van der Waals surface area contributed by atoms with Crippen molar-refractivity contribution >= 4 is 11.8 Å². The first-order valence-electron chi connectivity index (χ1n) is 5.00. The first-order chi connectivity index (χ1) is 6.68. The second kappa shape index (κ2) is 5.54. The van der Waals surface area contributed by atoms with E-state index in [9.17, 15) is 4.79 Å². The van der Waals surface area contributed by atoms with E-state index < -0.39 is 30.6 Å². The summed E-state index contributed by atoms with van der Waals surface area (Å²) < 4.78 is 22.1. The molecule has 0 rings (SSSR count). The van der Waals surface area contributed by atoms with Crippen LogP contribution in [0.5, 0.6) is 0 Å². The highest BCUT2D eigenvalue weighted by Gasteiger charge is 2.09. The third kappa shape index (κ3) is 5.67. The van der Waals surface area contributed by atoms with E-state index in [-0.39, 0.29) is 12.8 Å². The maximum atomic E-state index is 10.4. The van der Waals surface area contributed by atoms with E-state index in [1.165, 1.54) is 0 Å². The van der Waals surface area contributed by atoms with Crippen molar-refractivity contribution in [3.8, 4) is 0 Å². The number of carboxylic acid groups (broad SMARTS) is 1. The number of nitrogens with two attached hydrogens (primary N) is 2. The number of rotatable bonds is 6. The summed E-state index contributed by atoms with van der Waals surface area (Å²) in [6.07, 6.45) is -3.82. The van der Waals surface area contributed by atoms with Crippen molar-refractivity contribution in [3.05, 3.63) is 0 Å². The van der Waals surface area contributed by atoms with Crippen LogP contribution in [0.15, 0.2) is 0 Å². The summed E-state index contributed by atoms with van der Waals surface area (Å²) in [5, 5.41) is 15.4. The van der Waals surface area contributed by atoms with Gasteiger partial charge in [-0.3, -0.25) is 10.2 Å². The van der Waals surface area contributed by atoms with E-state index in [1.54, 1.807) is 0 Å². The Kier molecular flexibility index (Phi) is 2.96. The molecule has 0 aromatic heterocycles. The lowest BCUT2D eigenvalue weighted by Crippen LogP contribution is -2.29. The summed E-state index contributed by atoms with van der Waals surface area (Å²) in [6, 6.07) is -1.15. The number of nitrogens with one attached hydrogen (secondary N) is 1. The Labute approximate surface area is 75.5 Å². The summed E-state index contributed by atoms with van der Waals surface area (Å²) in [6.45, 7) is 0. The standard InChI is InChI=1S/C7H15N3O2/c8-5(7(11)12)3-1-2-4-6(9)10/h5H,1-4,8H2,(H3,9,10)(H,11,12)/t5-/m0/s1/i2D2,4D/t4?,5-. The van der Waals surface area contributed by atoms with Crippen molar-refractivity contribution in [1.29, 1.82) is 5.41 Å². The van der Waals surface area contributed by atoms with Crippen molar-refractivity contribution in [1.82, 2.24) is 0 Å². The Morgan fingerprint density at radius 2 is 2.33 bits per heavy atom. The molecule has 6 N–H and O–H groups in total. The monoisotopic (exact) mass is 176 g/mol. The molecule has 70 valence electrons. The van der Waals surface area contributed by atoms with E-state index >= 15 is 0 Å². The zero-order chi connectivity index (χ0) is 12.2. The third-order valence-corrected chi connectivity index (χ3v) is 1.17. The molecule has 5 heteroatoms. The molecule has 0 aliphatic heterocycles. The molecule has 2 atom stereocenters. The molecular formula is C7H15N3O2. The van der Waals surface area contributed by atoms with Crippen LogP contribution in [-0.4, -0.2) is 23.0 Å². The van der Waals surface area contributed by atoms with Crippen LogP contribution in [0.1, 0.15) is 29.7 Å². The maximum absolute atomic E-state index is 10.4. The number of carbonyl (C=O) groups is 1. The molecule has 0 saturated heterocycles. The first-order valence-corrected chi connectivity index (χ1v) is 3.43. The van der Waals surface area contributed by atoms with Crippen molar-refractivity contribution in [2.24, 2.45) is 11.5 Å². The molecule has 0 aromatic rings. The highest BCUT2D eigenvalue weighted by atomic mass is 16.4. The Morgan fingerprint density at radius 1 is 1.75 bits per heavy atom. The molecule has 0 aliphatic carbocycles. The van der Waals surface area contributed by atoms with E-state index in [4.69, 9.17) is 26.1 Å². The van der Waals surface area contributed by atoms with Crippen LogP contribution in [0.4, 0.5) is 0 Å². The van der Waals surface area contributed by atoms with Gasteiger partial charge in [0, 0.05) is 10.5 Å². The molecule has 0 aromatic carbocycles. The van der Waals surface area contributed by atoms with Gasteiger partial charge in [0.2, 0.25) is 0 Å². The van der Waals surface area contributed by atoms with E-state index in [0.717, 1.165) is 0 Å². The lowest BCUT2D eigenvalue weighted by atomic mass is 10.1. The van der Waals surface area contributed by atoms with Gasteiger partial charge in [-0.2, -0.15) is 0 Å². The number of hydrogen-bond acceptors (Lipinski definition) is 3. The van der Waals surface area contributed by atoms with E-state index in [2.05, 4.69) is 0 Å². The number of aliphatic carboxylic acids is 1.